The lowest BCUT2D eigenvalue weighted by Crippen LogP contribution is -2.46. The molecule has 20 heavy (non-hydrogen) atoms. The van der Waals surface area contributed by atoms with Gasteiger partial charge in [0.05, 0.1) is 30.0 Å². The third kappa shape index (κ3) is 3.41. The molecule has 0 radical (unpaired) electrons. The Hall–Kier alpha value is -0.450. The van der Waals surface area contributed by atoms with Crippen molar-refractivity contribution < 1.29 is 9.47 Å². The first-order valence-corrected chi connectivity index (χ1v) is 8.88. The predicted molar refractivity (Wildman–Crippen MR) is 82.7 cm³/mol. The van der Waals surface area contributed by atoms with Gasteiger partial charge in [-0.2, -0.15) is 11.8 Å². The maximum atomic E-state index is 6.09. The van der Waals surface area contributed by atoms with Crippen molar-refractivity contribution in [2.45, 2.75) is 43.3 Å². The van der Waals surface area contributed by atoms with Crippen LogP contribution in [0.15, 0.2) is 18.3 Å². The summed E-state index contributed by atoms with van der Waals surface area (Å²) < 4.78 is 12.2. The molecule has 3 nitrogen and oxygen atoms in total. The van der Waals surface area contributed by atoms with Crippen molar-refractivity contribution in [1.29, 1.82) is 0 Å². The van der Waals surface area contributed by atoms with Gasteiger partial charge in [0.15, 0.2) is 0 Å². The molecule has 2 fully saturated rings. The highest BCUT2D eigenvalue weighted by atomic mass is 35.5. The fourth-order valence-corrected chi connectivity index (χ4v) is 4.32. The Balaban J connectivity index is 1.61. The lowest BCUT2D eigenvalue weighted by molar-refractivity contribution is -0.116. The summed E-state index contributed by atoms with van der Waals surface area (Å²) in [6.45, 7) is 0.808. The molecular formula is C15H20ClNO2S. The number of ether oxygens (including phenoxy) is 2. The monoisotopic (exact) mass is 313 g/mol. The van der Waals surface area contributed by atoms with Crippen molar-refractivity contribution in [1.82, 2.24) is 4.98 Å². The Labute approximate surface area is 129 Å². The zero-order valence-corrected chi connectivity index (χ0v) is 13.1. The van der Waals surface area contributed by atoms with Gasteiger partial charge < -0.3 is 9.47 Å². The first-order valence-electron chi connectivity index (χ1n) is 7.19. The van der Waals surface area contributed by atoms with Crippen LogP contribution in [0.3, 0.4) is 0 Å². The van der Waals surface area contributed by atoms with Crippen LogP contribution in [0.5, 0.6) is 5.75 Å². The molecule has 5 heteroatoms. The molecule has 3 rings (SSSR count). The number of alkyl halides is 1. The quantitative estimate of drug-likeness (QED) is 0.797. The molecule has 1 aromatic heterocycles. The van der Waals surface area contributed by atoms with Crippen LogP contribution in [0.4, 0.5) is 0 Å². The van der Waals surface area contributed by atoms with E-state index in [4.69, 9.17) is 21.1 Å². The van der Waals surface area contributed by atoms with Crippen molar-refractivity contribution in [3.8, 4) is 5.75 Å². The van der Waals surface area contributed by atoms with E-state index in [1.165, 1.54) is 11.5 Å². The van der Waals surface area contributed by atoms with Crippen LogP contribution in [0.25, 0.3) is 0 Å². The van der Waals surface area contributed by atoms with Gasteiger partial charge >= 0.3 is 0 Å². The minimum Gasteiger partial charge on any atom is -0.489 e. The summed E-state index contributed by atoms with van der Waals surface area (Å²) >= 11 is 7.78. The standard InChI is InChI=1S/C15H20ClNO2S/c16-10-12-1-2-14(11-17-12)19-13-3-6-18-15(9-13)4-7-20-8-5-15/h1-2,11,13H,3-10H2. The number of pyridine rings is 1. The molecule has 1 aromatic rings. The number of thioether (sulfide) groups is 1. The Morgan fingerprint density at radius 2 is 2.25 bits per heavy atom. The summed E-state index contributed by atoms with van der Waals surface area (Å²) in [4.78, 5) is 4.28. The highest BCUT2D eigenvalue weighted by molar-refractivity contribution is 7.99. The van der Waals surface area contributed by atoms with Gasteiger partial charge in [-0.1, -0.05) is 0 Å². The second-order valence-corrected chi connectivity index (χ2v) is 6.99. The average Bonchev–Trinajstić information content (AvgIpc) is 2.49. The van der Waals surface area contributed by atoms with Crippen LogP contribution >= 0.6 is 23.4 Å². The van der Waals surface area contributed by atoms with Gasteiger partial charge in [-0.3, -0.25) is 4.98 Å². The third-order valence-electron chi connectivity index (χ3n) is 4.09. The van der Waals surface area contributed by atoms with E-state index >= 15 is 0 Å². The SMILES string of the molecule is ClCc1ccc(OC2CCOC3(CCSCC3)C2)cn1. The summed E-state index contributed by atoms with van der Waals surface area (Å²) in [6, 6.07) is 3.89. The van der Waals surface area contributed by atoms with E-state index < -0.39 is 0 Å². The van der Waals surface area contributed by atoms with Crippen LogP contribution in [0.1, 0.15) is 31.4 Å². The van der Waals surface area contributed by atoms with Gasteiger partial charge in [-0.25, -0.2) is 0 Å². The zero-order chi connectivity index (χ0) is 13.8. The summed E-state index contributed by atoms with van der Waals surface area (Å²) in [5.41, 5.74) is 0.948. The van der Waals surface area contributed by atoms with Crippen LogP contribution in [-0.2, 0) is 10.6 Å². The number of hydrogen-bond acceptors (Lipinski definition) is 4. The average molecular weight is 314 g/mol. The minimum atomic E-state index is 0.0671. The molecule has 1 unspecified atom stereocenters. The zero-order valence-electron chi connectivity index (χ0n) is 11.5. The number of hydrogen-bond donors (Lipinski definition) is 0. The summed E-state index contributed by atoms with van der Waals surface area (Å²) in [6.07, 6.45) is 6.30. The van der Waals surface area contributed by atoms with Crippen LogP contribution < -0.4 is 4.74 Å². The fourth-order valence-electron chi connectivity index (χ4n) is 2.93. The van der Waals surface area contributed by atoms with Gasteiger partial charge in [0.1, 0.15) is 11.9 Å². The largest absolute Gasteiger partial charge is 0.489 e. The Kier molecular flexibility index (Phi) is 4.74. The number of halogens is 1. The predicted octanol–water partition coefficient (Wildman–Crippen LogP) is 3.64. The maximum Gasteiger partial charge on any atom is 0.138 e. The smallest absolute Gasteiger partial charge is 0.138 e. The first kappa shape index (κ1) is 14.5. The summed E-state index contributed by atoms with van der Waals surface area (Å²) in [7, 11) is 0. The summed E-state index contributed by atoms with van der Waals surface area (Å²) in [5, 5.41) is 0. The highest BCUT2D eigenvalue weighted by Crippen LogP contribution is 2.38. The van der Waals surface area contributed by atoms with E-state index in [9.17, 15) is 0 Å². The van der Waals surface area contributed by atoms with Crippen LogP contribution in [-0.4, -0.2) is 34.8 Å². The molecule has 0 aliphatic carbocycles. The second-order valence-electron chi connectivity index (χ2n) is 5.50. The van der Waals surface area contributed by atoms with E-state index in [2.05, 4.69) is 4.98 Å². The van der Waals surface area contributed by atoms with Gasteiger partial charge in [0.2, 0.25) is 0 Å². The van der Waals surface area contributed by atoms with Gasteiger partial charge in [0, 0.05) is 12.8 Å². The van der Waals surface area contributed by atoms with Crippen molar-refractivity contribution in [2.24, 2.45) is 0 Å². The summed E-state index contributed by atoms with van der Waals surface area (Å²) in [5.74, 6) is 3.70. The van der Waals surface area contributed by atoms with E-state index in [1.54, 1.807) is 6.20 Å². The molecule has 0 N–H and O–H groups in total. The van der Waals surface area contributed by atoms with Crippen LogP contribution in [0, 0.1) is 0 Å². The van der Waals surface area contributed by atoms with Crippen LogP contribution in [0.2, 0.25) is 0 Å². The molecule has 0 saturated carbocycles. The fraction of sp³-hybridized carbons (Fsp3) is 0.667. The van der Waals surface area contributed by atoms with Crippen molar-refractivity contribution in [3.05, 3.63) is 24.0 Å². The minimum absolute atomic E-state index is 0.0671. The topological polar surface area (TPSA) is 31.4 Å². The van der Waals surface area contributed by atoms with Gasteiger partial charge in [-0.05, 0) is 36.5 Å². The molecule has 1 atom stereocenters. The van der Waals surface area contributed by atoms with Crippen molar-refractivity contribution in [3.63, 3.8) is 0 Å². The molecule has 0 bridgehead atoms. The third-order valence-corrected chi connectivity index (χ3v) is 5.35. The molecule has 3 heterocycles. The first-order chi connectivity index (χ1) is 9.80. The number of aromatic nitrogens is 1. The number of rotatable bonds is 3. The lowest BCUT2D eigenvalue weighted by atomic mass is 9.86. The normalized spacial score (nSPS) is 25.6. The Bertz CT molecular complexity index is 428. The van der Waals surface area contributed by atoms with E-state index in [-0.39, 0.29) is 11.7 Å². The van der Waals surface area contributed by atoms with E-state index in [0.717, 1.165) is 43.7 Å². The maximum absolute atomic E-state index is 6.09. The van der Waals surface area contributed by atoms with E-state index in [0.29, 0.717) is 5.88 Å². The Morgan fingerprint density at radius 3 is 2.95 bits per heavy atom. The second kappa shape index (κ2) is 6.54. The number of nitrogens with zero attached hydrogens (tertiary/aromatic N) is 1. The molecule has 0 aromatic carbocycles. The molecule has 110 valence electrons. The van der Waals surface area contributed by atoms with Crippen molar-refractivity contribution >= 4 is 23.4 Å². The molecule has 2 aliphatic rings. The lowest BCUT2D eigenvalue weighted by Gasteiger charge is -2.43. The van der Waals surface area contributed by atoms with Gasteiger partial charge in [-0.15, -0.1) is 11.6 Å². The molecule has 1 spiro atoms. The Morgan fingerprint density at radius 1 is 1.40 bits per heavy atom. The van der Waals surface area contributed by atoms with Gasteiger partial charge in [0.25, 0.3) is 0 Å². The molecule has 2 aliphatic heterocycles. The molecule has 0 amide bonds. The molecule has 2 saturated heterocycles. The van der Waals surface area contributed by atoms with Crippen molar-refractivity contribution in [2.75, 3.05) is 18.1 Å². The highest BCUT2D eigenvalue weighted by Gasteiger charge is 2.39. The van der Waals surface area contributed by atoms with E-state index in [1.807, 2.05) is 23.9 Å². The molecular weight excluding hydrogens is 294 g/mol.